The number of carbonyl (C=O) groups is 1. The van der Waals surface area contributed by atoms with Crippen LogP contribution in [0.5, 0.6) is 5.75 Å². The Kier molecular flexibility index (Phi) is 4.23. The molecule has 0 spiro atoms. The molecule has 2 heterocycles. The van der Waals surface area contributed by atoms with Crippen LogP contribution in [0.1, 0.15) is 34.5 Å². The summed E-state index contributed by atoms with van der Waals surface area (Å²) in [6.45, 7) is 2.78. The fourth-order valence-corrected chi connectivity index (χ4v) is 4.60. The fraction of sp³-hybridized carbons (Fsp3) is 0.348. The predicted molar refractivity (Wildman–Crippen MR) is 111 cm³/mol. The molecule has 144 valence electrons. The van der Waals surface area contributed by atoms with Crippen LogP contribution >= 0.6 is 0 Å². The van der Waals surface area contributed by atoms with E-state index in [1.807, 2.05) is 29.2 Å². The summed E-state index contributed by atoms with van der Waals surface area (Å²) >= 11 is 0. The van der Waals surface area contributed by atoms with Gasteiger partial charge in [0.25, 0.3) is 5.91 Å². The summed E-state index contributed by atoms with van der Waals surface area (Å²) in [5.41, 5.74) is 5.51. The van der Waals surface area contributed by atoms with Crippen molar-refractivity contribution in [2.24, 2.45) is 0 Å². The normalized spacial score (nSPS) is 17.0. The number of rotatable bonds is 2. The van der Waals surface area contributed by atoms with Crippen molar-refractivity contribution >= 4 is 22.5 Å². The van der Waals surface area contributed by atoms with Crippen molar-refractivity contribution in [2.45, 2.75) is 25.7 Å². The standard InChI is InChI=1S/C23H25N3O2/c27-22-8-4-3-7-21(22)25-11-13-26(14-12-25)23(28)16-9-10-20-18(15-16)17-5-1-2-6-19(17)24-20/h3-4,7-10,15,24,27H,1-2,5-6,11-14H2. The van der Waals surface area contributed by atoms with Crippen molar-refractivity contribution < 1.29 is 9.90 Å². The number of hydrogen-bond donors (Lipinski definition) is 2. The van der Waals surface area contributed by atoms with Gasteiger partial charge in [-0.05, 0) is 61.6 Å². The smallest absolute Gasteiger partial charge is 0.253 e. The first-order chi connectivity index (χ1) is 13.7. The summed E-state index contributed by atoms with van der Waals surface area (Å²) in [7, 11) is 0. The summed E-state index contributed by atoms with van der Waals surface area (Å²) in [6.07, 6.45) is 4.69. The number of aromatic hydroxyl groups is 1. The summed E-state index contributed by atoms with van der Waals surface area (Å²) in [5.74, 6) is 0.398. The van der Waals surface area contributed by atoms with E-state index in [0.717, 1.165) is 42.7 Å². The van der Waals surface area contributed by atoms with E-state index in [1.54, 1.807) is 6.07 Å². The average molecular weight is 375 g/mol. The van der Waals surface area contributed by atoms with Gasteiger partial charge in [0.05, 0.1) is 5.69 Å². The molecule has 0 radical (unpaired) electrons. The first kappa shape index (κ1) is 17.2. The maximum absolute atomic E-state index is 13.1. The number of piperazine rings is 1. The highest BCUT2D eigenvalue weighted by Crippen LogP contribution is 2.31. The number of fused-ring (bicyclic) bond motifs is 3. The minimum Gasteiger partial charge on any atom is -0.506 e. The number of aromatic amines is 1. The van der Waals surface area contributed by atoms with Gasteiger partial charge in [-0.2, -0.15) is 0 Å². The third kappa shape index (κ3) is 2.91. The molecule has 3 aromatic rings. The van der Waals surface area contributed by atoms with E-state index in [2.05, 4.69) is 22.0 Å². The largest absolute Gasteiger partial charge is 0.506 e. The van der Waals surface area contributed by atoms with E-state index in [1.165, 1.54) is 29.5 Å². The first-order valence-electron chi connectivity index (χ1n) is 10.2. The molecule has 1 aliphatic heterocycles. The summed E-state index contributed by atoms with van der Waals surface area (Å²) in [4.78, 5) is 20.7. The van der Waals surface area contributed by atoms with Gasteiger partial charge in [-0.3, -0.25) is 4.79 Å². The second-order valence-corrected chi connectivity index (χ2v) is 7.82. The number of nitrogens with one attached hydrogen (secondary N) is 1. The molecule has 1 fully saturated rings. The van der Waals surface area contributed by atoms with Gasteiger partial charge in [0.1, 0.15) is 5.75 Å². The second-order valence-electron chi connectivity index (χ2n) is 7.82. The minimum atomic E-state index is 0.101. The van der Waals surface area contributed by atoms with Crippen LogP contribution in [-0.2, 0) is 12.8 Å². The number of aromatic nitrogens is 1. The Bertz CT molecular complexity index is 1030. The minimum absolute atomic E-state index is 0.101. The number of aryl methyl sites for hydroxylation is 2. The molecular weight excluding hydrogens is 350 g/mol. The van der Waals surface area contributed by atoms with Gasteiger partial charge in [-0.1, -0.05) is 12.1 Å². The zero-order valence-corrected chi connectivity index (χ0v) is 15.9. The third-order valence-electron chi connectivity index (χ3n) is 6.13. The lowest BCUT2D eigenvalue weighted by Crippen LogP contribution is -2.48. The van der Waals surface area contributed by atoms with E-state index in [-0.39, 0.29) is 5.91 Å². The quantitative estimate of drug-likeness (QED) is 0.718. The van der Waals surface area contributed by atoms with Crippen molar-refractivity contribution in [2.75, 3.05) is 31.1 Å². The number of hydrogen-bond acceptors (Lipinski definition) is 3. The van der Waals surface area contributed by atoms with Crippen molar-refractivity contribution in [1.82, 2.24) is 9.88 Å². The van der Waals surface area contributed by atoms with Gasteiger partial charge in [0.2, 0.25) is 0 Å². The Morgan fingerprint density at radius 2 is 1.75 bits per heavy atom. The molecule has 1 saturated heterocycles. The summed E-state index contributed by atoms with van der Waals surface area (Å²) < 4.78 is 0. The van der Waals surface area contributed by atoms with Gasteiger partial charge in [-0.15, -0.1) is 0 Å². The molecule has 0 unspecified atom stereocenters. The predicted octanol–water partition coefficient (Wildman–Crippen LogP) is 3.71. The Balaban J connectivity index is 1.34. The van der Waals surface area contributed by atoms with Crippen LogP contribution in [0.15, 0.2) is 42.5 Å². The van der Waals surface area contributed by atoms with E-state index in [4.69, 9.17) is 0 Å². The number of phenols is 1. The second kappa shape index (κ2) is 6.89. The van der Waals surface area contributed by atoms with Crippen LogP contribution < -0.4 is 4.90 Å². The lowest BCUT2D eigenvalue weighted by atomic mass is 9.95. The number of benzene rings is 2. The van der Waals surface area contributed by atoms with E-state index in [9.17, 15) is 9.90 Å². The third-order valence-corrected chi connectivity index (χ3v) is 6.13. The molecule has 5 heteroatoms. The summed E-state index contributed by atoms with van der Waals surface area (Å²) in [6, 6.07) is 13.5. The Labute approximate surface area is 164 Å². The molecule has 0 atom stereocenters. The number of amides is 1. The molecule has 2 aliphatic rings. The number of para-hydroxylation sites is 2. The maximum Gasteiger partial charge on any atom is 0.253 e. The highest BCUT2D eigenvalue weighted by molar-refractivity contribution is 5.99. The van der Waals surface area contributed by atoms with E-state index in [0.29, 0.717) is 18.8 Å². The van der Waals surface area contributed by atoms with Crippen LogP contribution in [0, 0.1) is 0 Å². The Morgan fingerprint density at radius 3 is 2.57 bits per heavy atom. The highest BCUT2D eigenvalue weighted by Gasteiger charge is 2.24. The lowest BCUT2D eigenvalue weighted by molar-refractivity contribution is 0.0747. The lowest BCUT2D eigenvalue weighted by Gasteiger charge is -2.36. The molecule has 1 amide bonds. The topological polar surface area (TPSA) is 59.6 Å². The fourth-order valence-electron chi connectivity index (χ4n) is 4.60. The van der Waals surface area contributed by atoms with Crippen LogP contribution in [0.4, 0.5) is 5.69 Å². The number of phenolic OH excluding ortho intramolecular Hbond substituents is 1. The van der Waals surface area contributed by atoms with Crippen molar-refractivity contribution in [3.05, 3.63) is 59.3 Å². The molecule has 2 N–H and O–H groups in total. The van der Waals surface area contributed by atoms with Crippen LogP contribution in [0.3, 0.4) is 0 Å². The van der Waals surface area contributed by atoms with Crippen LogP contribution in [-0.4, -0.2) is 47.1 Å². The highest BCUT2D eigenvalue weighted by atomic mass is 16.3. The number of H-pyrrole nitrogens is 1. The van der Waals surface area contributed by atoms with Crippen molar-refractivity contribution in [1.29, 1.82) is 0 Å². The molecule has 0 saturated carbocycles. The maximum atomic E-state index is 13.1. The molecular formula is C23H25N3O2. The molecule has 1 aromatic heterocycles. The molecule has 28 heavy (non-hydrogen) atoms. The van der Waals surface area contributed by atoms with Gasteiger partial charge >= 0.3 is 0 Å². The van der Waals surface area contributed by atoms with E-state index < -0.39 is 0 Å². The van der Waals surface area contributed by atoms with Gasteiger partial charge in [-0.25, -0.2) is 0 Å². The number of carbonyl (C=O) groups excluding carboxylic acids is 1. The SMILES string of the molecule is O=C(c1ccc2[nH]c3c(c2c1)CCCC3)N1CCN(c2ccccc2O)CC1. The van der Waals surface area contributed by atoms with E-state index >= 15 is 0 Å². The first-order valence-corrected chi connectivity index (χ1v) is 10.2. The molecule has 2 aromatic carbocycles. The number of anilines is 1. The molecule has 5 rings (SSSR count). The molecule has 1 aliphatic carbocycles. The number of nitrogens with zero attached hydrogens (tertiary/aromatic N) is 2. The monoisotopic (exact) mass is 375 g/mol. The average Bonchev–Trinajstić information content (AvgIpc) is 3.12. The zero-order chi connectivity index (χ0) is 19.1. The van der Waals surface area contributed by atoms with Crippen LogP contribution in [0.25, 0.3) is 10.9 Å². The van der Waals surface area contributed by atoms with Crippen molar-refractivity contribution in [3.8, 4) is 5.75 Å². The Hall–Kier alpha value is -2.95. The van der Waals surface area contributed by atoms with Gasteiger partial charge in [0, 0.05) is 48.3 Å². The summed E-state index contributed by atoms with van der Waals surface area (Å²) in [5, 5.41) is 11.3. The van der Waals surface area contributed by atoms with Gasteiger partial charge < -0.3 is 19.9 Å². The zero-order valence-electron chi connectivity index (χ0n) is 15.9. The van der Waals surface area contributed by atoms with Crippen LogP contribution in [0.2, 0.25) is 0 Å². The Morgan fingerprint density at radius 1 is 0.964 bits per heavy atom. The van der Waals surface area contributed by atoms with Gasteiger partial charge in [0.15, 0.2) is 0 Å². The molecule has 5 nitrogen and oxygen atoms in total. The van der Waals surface area contributed by atoms with Crippen molar-refractivity contribution in [3.63, 3.8) is 0 Å². The molecule has 0 bridgehead atoms.